The van der Waals surface area contributed by atoms with Gasteiger partial charge in [0.05, 0.1) is 4.53 Å². The van der Waals surface area contributed by atoms with Crippen LogP contribution in [0.4, 0.5) is 5.69 Å². The molecule has 0 atom stereocenters. The predicted octanol–water partition coefficient (Wildman–Crippen LogP) is 3.16. The van der Waals surface area contributed by atoms with Gasteiger partial charge in [0, 0.05) is 13.7 Å². The summed E-state index contributed by atoms with van der Waals surface area (Å²) >= 11 is 7.20. The monoisotopic (exact) mass is 525 g/mol. The first-order valence-corrected chi connectivity index (χ1v) is 10.3. The quantitative estimate of drug-likeness (QED) is 0.482. The highest BCUT2D eigenvalue weighted by Gasteiger charge is 2.15. The molecule has 0 unspecified atom stereocenters. The van der Waals surface area contributed by atoms with Crippen molar-refractivity contribution in [2.45, 2.75) is 6.67 Å². The summed E-state index contributed by atoms with van der Waals surface area (Å²) in [7, 11) is 0. The molecule has 0 N–H and O–H groups in total. The van der Waals surface area contributed by atoms with Crippen LogP contribution >= 0.6 is 49.9 Å². The zero-order valence-corrected chi connectivity index (χ0v) is 17.6. The Morgan fingerprint density at radius 3 is 2.76 bits per heavy atom. The van der Waals surface area contributed by atoms with Crippen LogP contribution in [0.2, 0.25) is 0 Å². The molecule has 0 bridgehead atoms. The normalized spacial score (nSPS) is 14.3. The maximum Gasteiger partial charge on any atom is 0.271 e. The van der Waals surface area contributed by atoms with Gasteiger partial charge in [-0.2, -0.15) is 0 Å². The third kappa shape index (κ3) is 3.58. The average molecular weight is 526 g/mol. The number of halogens is 2. The largest absolute Gasteiger partial charge is 0.334 e. The van der Waals surface area contributed by atoms with Gasteiger partial charge in [-0.1, -0.05) is 39.4 Å². The minimum absolute atomic E-state index is 0.0129. The van der Waals surface area contributed by atoms with Crippen LogP contribution in [0.3, 0.4) is 0 Å². The maximum atomic E-state index is 12.8. The number of fused-ring (bicyclic) bond motifs is 1. The van der Waals surface area contributed by atoms with Gasteiger partial charge in [-0.3, -0.25) is 9.36 Å². The average Bonchev–Trinajstić information content (AvgIpc) is 2.91. The van der Waals surface area contributed by atoms with Crippen molar-refractivity contribution in [1.82, 2.24) is 4.57 Å². The first-order valence-electron chi connectivity index (χ1n) is 7.62. The van der Waals surface area contributed by atoms with Crippen molar-refractivity contribution in [2.75, 3.05) is 11.6 Å². The highest BCUT2D eigenvalue weighted by atomic mass is 127. The van der Waals surface area contributed by atoms with E-state index in [0.29, 0.717) is 17.9 Å². The summed E-state index contributed by atoms with van der Waals surface area (Å²) in [4.78, 5) is 20.2. The van der Waals surface area contributed by atoms with Crippen LogP contribution in [0.1, 0.15) is 5.56 Å². The third-order valence-corrected chi connectivity index (χ3v) is 6.17. The van der Waals surface area contributed by atoms with Crippen molar-refractivity contribution in [1.29, 1.82) is 0 Å². The number of aromatic nitrogens is 1. The molecule has 0 radical (unpaired) electrons. The van der Waals surface area contributed by atoms with E-state index in [2.05, 4.69) is 72.7 Å². The van der Waals surface area contributed by atoms with E-state index in [0.717, 1.165) is 20.5 Å². The molecule has 0 spiro atoms. The van der Waals surface area contributed by atoms with Crippen molar-refractivity contribution in [2.24, 2.45) is 4.99 Å². The molecule has 0 fully saturated rings. The molecule has 0 aliphatic carbocycles. The van der Waals surface area contributed by atoms with E-state index in [1.165, 1.54) is 14.9 Å². The molecule has 126 valence electrons. The number of hydrogen-bond acceptors (Lipinski definition) is 4. The fraction of sp³-hybridized carbons (Fsp3) is 0.111. The van der Waals surface area contributed by atoms with Crippen molar-refractivity contribution < 1.29 is 0 Å². The van der Waals surface area contributed by atoms with E-state index >= 15 is 0 Å². The van der Waals surface area contributed by atoms with Crippen LogP contribution in [0.25, 0.3) is 6.08 Å². The molecule has 4 rings (SSSR count). The van der Waals surface area contributed by atoms with Gasteiger partial charge in [-0.05, 0) is 70.6 Å². The lowest BCUT2D eigenvalue weighted by Crippen LogP contribution is -2.42. The van der Waals surface area contributed by atoms with Gasteiger partial charge >= 0.3 is 0 Å². The van der Waals surface area contributed by atoms with Crippen LogP contribution in [0.5, 0.6) is 0 Å². The Hall–Kier alpha value is -1.45. The molecule has 0 saturated carbocycles. The van der Waals surface area contributed by atoms with Crippen molar-refractivity contribution >= 4 is 61.6 Å². The Morgan fingerprint density at radius 1 is 1.20 bits per heavy atom. The maximum absolute atomic E-state index is 12.8. The van der Waals surface area contributed by atoms with Crippen LogP contribution in [-0.2, 0) is 6.67 Å². The van der Waals surface area contributed by atoms with Gasteiger partial charge in [-0.15, -0.1) is 0 Å². The summed E-state index contributed by atoms with van der Waals surface area (Å²) in [6.45, 7) is 1.10. The number of nitrogens with zero attached hydrogens (tertiary/aromatic N) is 3. The lowest BCUT2D eigenvalue weighted by atomic mass is 10.2. The minimum atomic E-state index is 0.0129. The van der Waals surface area contributed by atoms with Gasteiger partial charge in [0.15, 0.2) is 4.80 Å². The SMILES string of the molecule is O=c1c(=Cc2cccc(Br)c2)sc2n1CN(c1ccc(I)cc1)CN=2. The number of hydrogen-bond donors (Lipinski definition) is 0. The molecule has 3 aromatic rings. The minimum Gasteiger partial charge on any atom is -0.334 e. The molecule has 0 saturated heterocycles. The number of benzene rings is 2. The zero-order chi connectivity index (χ0) is 17.4. The van der Waals surface area contributed by atoms with Gasteiger partial charge in [0.2, 0.25) is 0 Å². The van der Waals surface area contributed by atoms with E-state index in [9.17, 15) is 4.79 Å². The fourth-order valence-electron chi connectivity index (χ4n) is 2.67. The second kappa shape index (κ2) is 7.05. The summed E-state index contributed by atoms with van der Waals surface area (Å²) in [5.74, 6) is 0. The first kappa shape index (κ1) is 17.0. The molecular weight excluding hydrogens is 513 g/mol. The molecule has 1 aliphatic rings. The number of thiazole rings is 1. The highest BCUT2D eigenvalue weighted by Crippen LogP contribution is 2.17. The van der Waals surface area contributed by atoms with Crippen LogP contribution in [0.15, 0.2) is 62.8 Å². The second-order valence-electron chi connectivity index (χ2n) is 5.64. The topological polar surface area (TPSA) is 37.6 Å². The summed E-state index contributed by atoms with van der Waals surface area (Å²) in [5.41, 5.74) is 2.09. The Labute approximate surface area is 170 Å². The molecule has 4 nitrogen and oxygen atoms in total. The van der Waals surface area contributed by atoms with Gasteiger partial charge in [0.1, 0.15) is 13.3 Å². The molecule has 2 heterocycles. The summed E-state index contributed by atoms with van der Waals surface area (Å²) < 4.78 is 4.64. The van der Waals surface area contributed by atoms with Gasteiger partial charge in [0.25, 0.3) is 5.56 Å². The predicted molar refractivity (Wildman–Crippen MR) is 114 cm³/mol. The van der Waals surface area contributed by atoms with Gasteiger partial charge in [-0.25, -0.2) is 4.99 Å². The summed E-state index contributed by atoms with van der Waals surface area (Å²) in [6, 6.07) is 16.2. The summed E-state index contributed by atoms with van der Waals surface area (Å²) in [5, 5.41) is 0. The van der Waals surface area contributed by atoms with Crippen LogP contribution < -0.4 is 19.8 Å². The van der Waals surface area contributed by atoms with E-state index in [1.54, 1.807) is 4.57 Å². The van der Waals surface area contributed by atoms with E-state index in [4.69, 9.17) is 0 Å². The van der Waals surface area contributed by atoms with E-state index < -0.39 is 0 Å². The number of rotatable bonds is 2. The Bertz CT molecular complexity index is 1100. The van der Waals surface area contributed by atoms with Crippen LogP contribution in [-0.4, -0.2) is 11.2 Å². The Morgan fingerprint density at radius 2 is 2.00 bits per heavy atom. The summed E-state index contributed by atoms with van der Waals surface area (Å²) in [6.07, 6.45) is 1.92. The zero-order valence-electron chi connectivity index (χ0n) is 13.0. The Balaban J connectivity index is 1.71. The molecule has 2 aromatic carbocycles. The van der Waals surface area contributed by atoms with Crippen molar-refractivity contribution in [3.05, 3.63) is 81.8 Å². The van der Waals surface area contributed by atoms with Crippen LogP contribution in [0, 0.1) is 3.57 Å². The lowest BCUT2D eigenvalue weighted by Gasteiger charge is -2.25. The molecule has 7 heteroatoms. The van der Waals surface area contributed by atoms with Crippen molar-refractivity contribution in [3.63, 3.8) is 0 Å². The molecule has 1 aliphatic heterocycles. The standard InChI is InChI=1S/C18H13BrIN3OS/c19-13-3-1-2-12(8-13)9-16-17(24)23-11-22(10-21-18(23)25-16)15-6-4-14(20)5-7-15/h1-9H,10-11H2. The highest BCUT2D eigenvalue weighted by molar-refractivity contribution is 14.1. The molecular formula is C18H13BrIN3OS. The number of anilines is 1. The molecule has 0 amide bonds. The van der Waals surface area contributed by atoms with E-state index in [-0.39, 0.29) is 5.56 Å². The molecule has 25 heavy (non-hydrogen) atoms. The second-order valence-corrected chi connectivity index (χ2v) is 8.81. The smallest absolute Gasteiger partial charge is 0.271 e. The first-order chi connectivity index (χ1) is 12.1. The fourth-order valence-corrected chi connectivity index (χ4v) is 4.41. The van der Waals surface area contributed by atoms with Gasteiger partial charge < -0.3 is 4.90 Å². The Kier molecular flexibility index (Phi) is 4.79. The lowest BCUT2D eigenvalue weighted by molar-refractivity contribution is 0.569. The van der Waals surface area contributed by atoms with Crippen molar-refractivity contribution in [3.8, 4) is 0 Å². The third-order valence-electron chi connectivity index (χ3n) is 3.92. The van der Waals surface area contributed by atoms with E-state index in [1.807, 2.05) is 30.3 Å². The molecule has 1 aromatic heterocycles.